The molecule has 0 aliphatic heterocycles. The van der Waals surface area contributed by atoms with Gasteiger partial charge in [0, 0.05) is 26.4 Å². The van der Waals surface area contributed by atoms with Crippen LogP contribution in [0.1, 0.15) is 11.3 Å². The third kappa shape index (κ3) is 5.29. The molecule has 0 amide bonds. The average Bonchev–Trinajstić information content (AvgIpc) is 2.60. The number of rotatable bonds is 4. The van der Waals surface area contributed by atoms with Crippen molar-refractivity contribution in [3.8, 4) is 11.3 Å². The topological polar surface area (TPSA) is 25.8 Å². The van der Waals surface area contributed by atoms with Crippen LogP contribution in [0.5, 0.6) is 0 Å². The van der Waals surface area contributed by atoms with Crippen LogP contribution in [0.2, 0.25) is 15.1 Å². The van der Waals surface area contributed by atoms with Crippen LogP contribution in [0.15, 0.2) is 53.7 Å². The second kappa shape index (κ2) is 8.27. The summed E-state index contributed by atoms with van der Waals surface area (Å²) in [5, 5.41) is 1.39. The molecule has 1 heterocycles. The van der Waals surface area contributed by atoms with E-state index < -0.39 is 11.9 Å². The van der Waals surface area contributed by atoms with Crippen LogP contribution in [-0.2, 0) is 11.9 Å². The molecule has 0 saturated carbocycles. The Hall–Kier alpha value is -1.47. The Kier molecular flexibility index (Phi) is 6.21. The predicted molar refractivity (Wildman–Crippen MR) is 104 cm³/mol. The van der Waals surface area contributed by atoms with Gasteiger partial charge in [0.2, 0.25) is 0 Å². The van der Waals surface area contributed by atoms with E-state index >= 15 is 0 Å². The Bertz CT molecular complexity index is 963. The van der Waals surface area contributed by atoms with Gasteiger partial charge < -0.3 is 0 Å². The van der Waals surface area contributed by atoms with Crippen molar-refractivity contribution in [2.24, 2.45) is 0 Å². The van der Waals surface area contributed by atoms with Crippen LogP contribution in [-0.4, -0.2) is 9.97 Å². The molecular weight excluding hydrogens is 440 g/mol. The second-order valence-corrected chi connectivity index (χ2v) is 7.67. The summed E-state index contributed by atoms with van der Waals surface area (Å²) in [6, 6.07) is 12.3. The van der Waals surface area contributed by atoms with E-state index in [0.29, 0.717) is 26.4 Å². The second-order valence-electron chi connectivity index (χ2n) is 5.45. The van der Waals surface area contributed by atoms with Crippen LogP contribution in [0, 0.1) is 0 Å². The minimum absolute atomic E-state index is 0.000733. The Morgan fingerprint density at radius 2 is 1.52 bits per heavy atom. The lowest BCUT2D eigenvalue weighted by molar-refractivity contribution is -0.141. The number of aromatic nitrogens is 2. The molecule has 0 unspecified atom stereocenters. The quantitative estimate of drug-likeness (QED) is 0.306. The summed E-state index contributed by atoms with van der Waals surface area (Å²) >= 11 is 18.9. The van der Waals surface area contributed by atoms with Crippen LogP contribution in [0.25, 0.3) is 11.3 Å². The van der Waals surface area contributed by atoms with Crippen molar-refractivity contribution in [3.63, 3.8) is 0 Å². The first kappa shape index (κ1) is 20.3. The van der Waals surface area contributed by atoms with Crippen molar-refractivity contribution >= 4 is 46.6 Å². The largest absolute Gasteiger partial charge is 0.433 e. The van der Waals surface area contributed by atoms with Gasteiger partial charge in [-0.05, 0) is 35.9 Å². The molecule has 0 aliphatic carbocycles. The molecule has 0 bridgehead atoms. The van der Waals surface area contributed by atoms with Gasteiger partial charge in [-0.2, -0.15) is 13.2 Å². The fourth-order valence-electron chi connectivity index (χ4n) is 2.18. The fraction of sp³-hybridized carbons (Fsp3) is 0.111. The molecule has 140 valence electrons. The first-order valence-corrected chi connectivity index (χ1v) is 9.63. The van der Waals surface area contributed by atoms with Crippen molar-refractivity contribution in [2.45, 2.75) is 17.1 Å². The molecule has 27 heavy (non-hydrogen) atoms. The molecule has 0 aliphatic rings. The van der Waals surface area contributed by atoms with Crippen molar-refractivity contribution < 1.29 is 13.2 Å². The lowest BCUT2D eigenvalue weighted by Gasteiger charge is -2.11. The standard InChI is InChI=1S/C18H10Cl3F3N2S/c19-12-4-1-10(2-5-12)15-8-16(18(22,23)24)26-17(25-15)27-9-11-3-6-13(20)7-14(11)21/h1-8H,9H2. The van der Waals surface area contributed by atoms with E-state index in [2.05, 4.69) is 9.97 Å². The molecular formula is C18H10Cl3F3N2S. The third-order valence-corrected chi connectivity index (χ3v) is 5.24. The average molecular weight is 450 g/mol. The van der Waals surface area contributed by atoms with Crippen molar-refractivity contribution in [2.75, 3.05) is 0 Å². The number of nitrogens with zero attached hydrogens (tertiary/aromatic N) is 2. The van der Waals surface area contributed by atoms with Crippen LogP contribution >= 0.6 is 46.6 Å². The van der Waals surface area contributed by atoms with E-state index in [1.54, 1.807) is 42.5 Å². The Labute approximate surface area is 172 Å². The minimum Gasteiger partial charge on any atom is -0.222 e. The normalized spacial score (nSPS) is 11.6. The highest BCUT2D eigenvalue weighted by Crippen LogP contribution is 2.33. The molecule has 1 aromatic heterocycles. The highest BCUT2D eigenvalue weighted by molar-refractivity contribution is 7.98. The van der Waals surface area contributed by atoms with E-state index in [1.165, 1.54) is 0 Å². The zero-order valence-corrected chi connectivity index (χ0v) is 16.5. The number of alkyl halides is 3. The monoisotopic (exact) mass is 448 g/mol. The lowest BCUT2D eigenvalue weighted by Crippen LogP contribution is -2.10. The summed E-state index contributed by atoms with van der Waals surface area (Å²) < 4.78 is 39.7. The molecule has 2 aromatic carbocycles. The maximum Gasteiger partial charge on any atom is 0.433 e. The maximum absolute atomic E-state index is 13.2. The Morgan fingerprint density at radius 3 is 2.15 bits per heavy atom. The van der Waals surface area contributed by atoms with Crippen LogP contribution in [0.3, 0.4) is 0 Å². The summed E-state index contributed by atoms with van der Waals surface area (Å²) in [6.07, 6.45) is -4.59. The first-order chi connectivity index (χ1) is 12.7. The minimum atomic E-state index is -4.59. The van der Waals surface area contributed by atoms with Gasteiger partial charge in [0.25, 0.3) is 0 Å². The molecule has 0 fully saturated rings. The number of thioether (sulfide) groups is 1. The molecule has 2 nitrogen and oxygen atoms in total. The van der Waals surface area contributed by atoms with Gasteiger partial charge in [0.1, 0.15) is 5.69 Å². The third-order valence-electron chi connectivity index (χ3n) is 3.51. The molecule has 0 saturated heterocycles. The number of benzene rings is 2. The van der Waals surface area contributed by atoms with Crippen molar-refractivity contribution in [3.05, 3.63) is 74.9 Å². The van der Waals surface area contributed by atoms with E-state index in [4.69, 9.17) is 34.8 Å². The highest BCUT2D eigenvalue weighted by Gasteiger charge is 2.33. The van der Waals surface area contributed by atoms with E-state index in [-0.39, 0.29) is 10.9 Å². The van der Waals surface area contributed by atoms with E-state index in [0.717, 1.165) is 23.4 Å². The summed E-state index contributed by atoms with van der Waals surface area (Å²) in [5.41, 5.74) is 0.393. The maximum atomic E-state index is 13.2. The van der Waals surface area contributed by atoms with E-state index in [9.17, 15) is 13.2 Å². The smallest absolute Gasteiger partial charge is 0.222 e. The number of halogens is 6. The van der Waals surface area contributed by atoms with Crippen molar-refractivity contribution in [1.29, 1.82) is 0 Å². The molecule has 0 spiro atoms. The van der Waals surface area contributed by atoms with Gasteiger partial charge in [-0.15, -0.1) is 0 Å². The van der Waals surface area contributed by atoms with Gasteiger partial charge in [-0.25, -0.2) is 9.97 Å². The Balaban J connectivity index is 1.94. The van der Waals surface area contributed by atoms with Gasteiger partial charge in [0.15, 0.2) is 5.16 Å². The molecule has 0 atom stereocenters. The first-order valence-electron chi connectivity index (χ1n) is 7.51. The predicted octanol–water partition coefficient (Wildman–Crippen LogP) is 7.41. The molecule has 3 aromatic rings. The van der Waals surface area contributed by atoms with E-state index in [1.807, 2.05) is 0 Å². The highest BCUT2D eigenvalue weighted by atomic mass is 35.5. The summed E-state index contributed by atoms with van der Waals surface area (Å²) in [4.78, 5) is 7.89. The fourth-order valence-corrected chi connectivity index (χ4v) is 3.73. The summed E-state index contributed by atoms with van der Waals surface area (Å²) in [7, 11) is 0. The lowest BCUT2D eigenvalue weighted by atomic mass is 10.1. The SMILES string of the molecule is FC(F)(F)c1cc(-c2ccc(Cl)cc2)nc(SCc2ccc(Cl)cc2Cl)n1. The number of hydrogen-bond donors (Lipinski definition) is 0. The van der Waals surface area contributed by atoms with Crippen LogP contribution < -0.4 is 0 Å². The van der Waals surface area contributed by atoms with Crippen LogP contribution in [0.4, 0.5) is 13.2 Å². The zero-order chi connectivity index (χ0) is 19.6. The molecule has 3 rings (SSSR count). The summed E-state index contributed by atoms with van der Waals surface area (Å²) in [6.45, 7) is 0. The van der Waals surface area contributed by atoms with Crippen molar-refractivity contribution in [1.82, 2.24) is 9.97 Å². The zero-order valence-electron chi connectivity index (χ0n) is 13.4. The molecule has 9 heteroatoms. The van der Waals surface area contributed by atoms with Gasteiger partial charge >= 0.3 is 6.18 Å². The summed E-state index contributed by atoms with van der Waals surface area (Å²) in [5.74, 6) is 0.303. The van der Waals surface area contributed by atoms with Gasteiger partial charge in [0.05, 0.1) is 5.69 Å². The number of hydrogen-bond acceptors (Lipinski definition) is 3. The van der Waals surface area contributed by atoms with Gasteiger partial charge in [-0.3, -0.25) is 0 Å². The van der Waals surface area contributed by atoms with Gasteiger partial charge in [-0.1, -0.05) is 64.8 Å². The molecule has 0 N–H and O–H groups in total. The Morgan fingerprint density at radius 1 is 0.852 bits per heavy atom. The molecule has 0 radical (unpaired) electrons.